The van der Waals surface area contributed by atoms with Crippen LogP contribution in [0.2, 0.25) is 0 Å². The molecule has 0 unspecified atom stereocenters. The van der Waals surface area contributed by atoms with Gasteiger partial charge in [-0.25, -0.2) is 0 Å². The highest BCUT2D eigenvalue weighted by Crippen LogP contribution is 2.42. The molecule has 1 saturated heterocycles. The molecule has 2 atom stereocenters. The van der Waals surface area contributed by atoms with Gasteiger partial charge in [-0.1, -0.05) is 6.08 Å². The van der Waals surface area contributed by atoms with E-state index in [9.17, 15) is 0 Å². The highest BCUT2D eigenvalue weighted by Gasteiger charge is 2.43. The lowest BCUT2D eigenvalue weighted by molar-refractivity contribution is 0.233. The standard InChI is InChI=1S/C17H28N4.2ClH/c1-5-8-21-13(2)15(9-18-21)10-20-11-16(14-6-7-14)17(12-20)19(3)4;;/h5,9,14,16-17H,1,6-8,10-12H2,2-4H3;2*1H/t16-,17+;;/m1../s1. The average Bonchev–Trinajstić information content (AvgIpc) is 3.13. The maximum Gasteiger partial charge on any atom is 0.0590 e. The Bertz CT molecular complexity index is 501. The van der Waals surface area contributed by atoms with Gasteiger partial charge in [-0.2, -0.15) is 5.10 Å². The van der Waals surface area contributed by atoms with E-state index >= 15 is 0 Å². The zero-order chi connectivity index (χ0) is 15.0. The number of allylic oxidation sites excluding steroid dienone is 1. The van der Waals surface area contributed by atoms with E-state index in [0.29, 0.717) is 0 Å². The number of nitrogens with zero attached hydrogens (tertiary/aromatic N) is 4. The van der Waals surface area contributed by atoms with Crippen molar-refractivity contribution >= 4 is 24.8 Å². The molecule has 4 nitrogen and oxygen atoms in total. The van der Waals surface area contributed by atoms with Crippen LogP contribution in [0.3, 0.4) is 0 Å². The first kappa shape index (κ1) is 20.5. The van der Waals surface area contributed by atoms with Gasteiger partial charge in [0, 0.05) is 36.9 Å². The van der Waals surface area contributed by atoms with Gasteiger partial charge in [0.1, 0.15) is 0 Å². The van der Waals surface area contributed by atoms with Gasteiger partial charge in [-0.3, -0.25) is 9.58 Å². The third-order valence-electron chi connectivity index (χ3n) is 5.20. The van der Waals surface area contributed by atoms with Crippen LogP contribution in [0, 0.1) is 18.8 Å². The molecule has 1 aliphatic carbocycles. The van der Waals surface area contributed by atoms with E-state index in [0.717, 1.165) is 31.0 Å². The molecule has 0 bridgehead atoms. The molecule has 0 radical (unpaired) electrons. The Morgan fingerprint density at radius 3 is 2.57 bits per heavy atom. The zero-order valence-corrected chi connectivity index (χ0v) is 16.1. The molecule has 6 heteroatoms. The van der Waals surface area contributed by atoms with Crippen molar-refractivity contribution in [1.29, 1.82) is 0 Å². The fraction of sp³-hybridized carbons (Fsp3) is 0.706. The minimum absolute atomic E-state index is 0. The average molecular weight is 361 g/mol. The third kappa shape index (κ3) is 4.50. The summed E-state index contributed by atoms with van der Waals surface area (Å²) in [7, 11) is 4.47. The fourth-order valence-corrected chi connectivity index (χ4v) is 3.74. The summed E-state index contributed by atoms with van der Waals surface area (Å²) in [6.45, 7) is 10.3. The summed E-state index contributed by atoms with van der Waals surface area (Å²) in [6, 6.07) is 0.723. The van der Waals surface area contributed by atoms with Gasteiger partial charge < -0.3 is 4.90 Å². The highest BCUT2D eigenvalue weighted by molar-refractivity contribution is 5.85. The summed E-state index contributed by atoms with van der Waals surface area (Å²) in [5, 5.41) is 4.48. The van der Waals surface area contributed by atoms with Crippen molar-refractivity contribution in [3.63, 3.8) is 0 Å². The Hall–Kier alpha value is -0.550. The molecule has 0 spiro atoms. The van der Waals surface area contributed by atoms with E-state index in [1.807, 2.05) is 17.0 Å². The topological polar surface area (TPSA) is 24.3 Å². The lowest BCUT2D eigenvalue weighted by atomic mass is 9.97. The van der Waals surface area contributed by atoms with Gasteiger partial charge in [-0.05, 0) is 45.7 Å². The van der Waals surface area contributed by atoms with Crippen LogP contribution in [0.1, 0.15) is 24.1 Å². The molecule has 1 aromatic heterocycles. The molecule has 2 aliphatic rings. The van der Waals surface area contributed by atoms with Crippen LogP contribution in [0.25, 0.3) is 0 Å². The lowest BCUT2D eigenvalue weighted by Crippen LogP contribution is -2.36. The molecule has 2 fully saturated rings. The predicted octanol–water partition coefficient (Wildman–Crippen LogP) is 2.99. The minimum Gasteiger partial charge on any atom is -0.305 e. The van der Waals surface area contributed by atoms with E-state index in [1.165, 1.54) is 37.2 Å². The minimum atomic E-state index is 0. The van der Waals surface area contributed by atoms with Crippen molar-refractivity contribution in [3.05, 3.63) is 30.1 Å². The molecule has 0 N–H and O–H groups in total. The van der Waals surface area contributed by atoms with Crippen molar-refractivity contribution < 1.29 is 0 Å². The number of hydrogen-bond donors (Lipinski definition) is 0. The Morgan fingerprint density at radius 2 is 2.00 bits per heavy atom. The van der Waals surface area contributed by atoms with Crippen LogP contribution >= 0.6 is 24.8 Å². The largest absolute Gasteiger partial charge is 0.305 e. The first-order chi connectivity index (χ1) is 10.1. The first-order valence-electron chi connectivity index (χ1n) is 8.11. The van der Waals surface area contributed by atoms with Gasteiger partial charge in [0.05, 0.1) is 12.7 Å². The van der Waals surface area contributed by atoms with Crippen LogP contribution in [0.15, 0.2) is 18.9 Å². The predicted molar refractivity (Wildman–Crippen MR) is 101 cm³/mol. The molecular formula is C17H30Cl2N4. The SMILES string of the molecule is C=CCn1ncc(CN2C[C@H](C3CC3)[C@@H](N(C)C)C2)c1C.Cl.Cl. The van der Waals surface area contributed by atoms with Crippen LogP contribution < -0.4 is 0 Å². The molecule has 0 amide bonds. The van der Waals surface area contributed by atoms with E-state index in [1.54, 1.807) is 0 Å². The second-order valence-corrected chi connectivity index (χ2v) is 6.95. The summed E-state index contributed by atoms with van der Waals surface area (Å²) < 4.78 is 2.04. The molecule has 2 heterocycles. The van der Waals surface area contributed by atoms with Crippen molar-refractivity contribution in [2.45, 2.75) is 38.9 Å². The molecular weight excluding hydrogens is 331 g/mol. The summed E-state index contributed by atoms with van der Waals surface area (Å²) in [5.74, 6) is 1.84. The Balaban J connectivity index is 0.00000132. The van der Waals surface area contributed by atoms with E-state index in [4.69, 9.17) is 0 Å². The van der Waals surface area contributed by atoms with Gasteiger partial charge in [-0.15, -0.1) is 31.4 Å². The molecule has 0 aromatic carbocycles. The Morgan fingerprint density at radius 1 is 1.30 bits per heavy atom. The fourth-order valence-electron chi connectivity index (χ4n) is 3.74. The number of likely N-dealkylation sites (N-methyl/N-ethyl adjacent to an activating group) is 1. The second kappa shape index (κ2) is 8.52. The van der Waals surface area contributed by atoms with Gasteiger partial charge in [0.2, 0.25) is 0 Å². The highest BCUT2D eigenvalue weighted by atomic mass is 35.5. The molecule has 3 rings (SSSR count). The quantitative estimate of drug-likeness (QED) is 0.728. The maximum absolute atomic E-state index is 4.48. The van der Waals surface area contributed by atoms with E-state index in [2.05, 4.69) is 42.5 Å². The Kier molecular flexibility index (Phi) is 7.59. The van der Waals surface area contributed by atoms with Gasteiger partial charge >= 0.3 is 0 Å². The monoisotopic (exact) mass is 360 g/mol. The molecule has 132 valence electrons. The van der Waals surface area contributed by atoms with Crippen molar-refractivity contribution in [2.24, 2.45) is 11.8 Å². The van der Waals surface area contributed by atoms with Crippen LogP contribution in [-0.2, 0) is 13.1 Å². The van der Waals surface area contributed by atoms with Crippen LogP contribution in [0.5, 0.6) is 0 Å². The van der Waals surface area contributed by atoms with Crippen molar-refractivity contribution in [1.82, 2.24) is 19.6 Å². The van der Waals surface area contributed by atoms with Crippen molar-refractivity contribution in [3.8, 4) is 0 Å². The molecule has 23 heavy (non-hydrogen) atoms. The summed E-state index contributed by atoms with van der Waals surface area (Å²) in [6.07, 6.45) is 6.83. The smallest absolute Gasteiger partial charge is 0.0590 e. The number of hydrogen-bond acceptors (Lipinski definition) is 3. The normalized spacial score (nSPS) is 24.3. The maximum atomic E-state index is 4.48. The zero-order valence-electron chi connectivity index (χ0n) is 14.4. The summed E-state index contributed by atoms with van der Waals surface area (Å²) in [5.41, 5.74) is 2.65. The molecule has 1 aromatic rings. The second-order valence-electron chi connectivity index (χ2n) is 6.95. The van der Waals surface area contributed by atoms with Crippen LogP contribution in [0.4, 0.5) is 0 Å². The molecule has 1 saturated carbocycles. The number of halogens is 2. The lowest BCUT2D eigenvalue weighted by Gasteiger charge is -2.25. The summed E-state index contributed by atoms with van der Waals surface area (Å²) in [4.78, 5) is 5.05. The number of aromatic nitrogens is 2. The summed E-state index contributed by atoms with van der Waals surface area (Å²) >= 11 is 0. The van der Waals surface area contributed by atoms with Crippen LogP contribution in [-0.4, -0.2) is 52.8 Å². The Labute approximate surface area is 152 Å². The number of likely N-dealkylation sites (tertiary alicyclic amines) is 1. The number of rotatable bonds is 6. The first-order valence-corrected chi connectivity index (χ1v) is 8.11. The van der Waals surface area contributed by atoms with Gasteiger partial charge in [0.25, 0.3) is 0 Å². The van der Waals surface area contributed by atoms with E-state index < -0.39 is 0 Å². The van der Waals surface area contributed by atoms with Gasteiger partial charge in [0.15, 0.2) is 0 Å². The van der Waals surface area contributed by atoms with Crippen molar-refractivity contribution in [2.75, 3.05) is 27.2 Å². The van der Waals surface area contributed by atoms with E-state index in [-0.39, 0.29) is 24.8 Å². The third-order valence-corrected chi connectivity index (χ3v) is 5.20. The molecule has 1 aliphatic heterocycles.